The zero-order valence-electron chi connectivity index (χ0n) is 17.6. The van der Waals surface area contributed by atoms with Crippen LogP contribution in [0.4, 0.5) is 0 Å². The van der Waals surface area contributed by atoms with Gasteiger partial charge in [0.2, 0.25) is 0 Å². The predicted octanol–water partition coefficient (Wildman–Crippen LogP) is -6.55. The van der Waals surface area contributed by atoms with Crippen LogP contribution in [-0.2, 0) is 23.7 Å². The molecule has 15 atom stereocenters. The Bertz CT molecular complexity index is 622. The van der Waals surface area contributed by atoms with E-state index in [4.69, 9.17) is 23.7 Å². The van der Waals surface area contributed by atoms with Crippen LogP contribution < -0.4 is 0 Å². The van der Waals surface area contributed by atoms with Crippen molar-refractivity contribution in [3.05, 3.63) is 0 Å². The van der Waals surface area contributed by atoms with Crippen molar-refractivity contribution in [3.8, 4) is 0 Å². The molecule has 3 fully saturated rings. The summed E-state index contributed by atoms with van der Waals surface area (Å²) in [5.41, 5.74) is 0. The maximum absolute atomic E-state index is 10.6. The van der Waals surface area contributed by atoms with E-state index in [-0.39, 0.29) is 0 Å². The minimum Gasteiger partial charge on any atom is -0.394 e. The zero-order valence-corrected chi connectivity index (χ0v) is 17.6. The summed E-state index contributed by atoms with van der Waals surface area (Å²) in [6.45, 7) is -0.103. The van der Waals surface area contributed by atoms with Gasteiger partial charge in [0, 0.05) is 0 Å². The third-order valence-electron chi connectivity index (χ3n) is 6.05. The van der Waals surface area contributed by atoms with E-state index < -0.39 is 105 Å². The topological polar surface area (TPSA) is 248 Å². The average Bonchev–Trinajstić information content (AvgIpc) is 2.80. The molecule has 0 saturated carbocycles. The Kier molecular flexibility index (Phi) is 8.99. The molecule has 0 radical (unpaired) electrons. The van der Waals surface area contributed by atoms with E-state index >= 15 is 0 Å². The molecular formula is C18H32O15. The van der Waals surface area contributed by atoms with Crippen LogP contribution in [-0.4, -0.2) is 156 Å². The summed E-state index contributed by atoms with van der Waals surface area (Å²) in [6.07, 6.45) is -23.7. The molecule has 3 aliphatic rings. The molecular weight excluding hydrogens is 456 g/mol. The standard InChI is InChI=1S/C18H32O15/c1-4-7(21)8(22)12(26)17(29-4)32-15-6(3-20)31-18(13(27)10(15)24)33-14-5(2-19)30-16(28)11(25)9(14)23/h4-28H,2-3H2,1H3/t4-,5-,6-,7-,8+,9-,10-,11-,12-,13-,14-,15-,16-,17-,18-/m1/s1. The minimum atomic E-state index is -1.86. The van der Waals surface area contributed by atoms with Crippen LogP contribution in [0.25, 0.3) is 0 Å². The molecule has 3 aliphatic heterocycles. The van der Waals surface area contributed by atoms with Gasteiger partial charge in [0.05, 0.1) is 19.3 Å². The lowest BCUT2D eigenvalue weighted by Crippen LogP contribution is -2.66. The lowest BCUT2D eigenvalue weighted by atomic mass is 9.96. The maximum atomic E-state index is 10.6. The molecule has 0 amide bonds. The number of aliphatic hydroxyl groups excluding tert-OH is 10. The smallest absolute Gasteiger partial charge is 0.187 e. The third-order valence-corrected chi connectivity index (χ3v) is 6.05. The van der Waals surface area contributed by atoms with Gasteiger partial charge in [-0.05, 0) is 6.92 Å². The van der Waals surface area contributed by atoms with Crippen molar-refractivity contribution >= 4 is 0 Å². The molecule has 3 rings (SSSR count). The van der Waals surface area contributed by atoms with Gasteiger partial charge in [0.15, 0.2) is 18.9 Å². The van der Waals surface area contributed by atoms with Crippen molar-refractivity contribution in [2.45, 2.75) is 99.0 Å². The Morgan fingerprint density at radius 2 is 1.00 bits per heavy atom. The van der Waals surface area contributed by atoms with E-state index in [9.17, 15) is 51.1 Å². The second kappa shape index (κ2) is 11.0. The Balaban J connectivity index is 1.71. The zero-order chi connectivity index (χ0) is 24.6. The van der Waals surface area contributed by atoms with Crippen molar-refractivity contribution in [2.75, 3.05) is 13.2 Å². The largest absolute Gasteiger partial charge is 0.394 e. The van der Waals surface area contributed by atoms with Crippen LogP contribution in [0, 0.1) is 0 Å². The highest BCUT2D eigenvalue weighted by atomic mass is 16.7. The summed E-state index contributed by atoms with van der Waals surface area (Å²) >= 11 is 0. The van der Waals surface area contributed by atoms with Crippen molar-refractivity contribution in [1.29, 1.82) is 0 Å². The molecule has 10 N–H and O–H groups in total. The van der Waals surface area contributed by atoms with Crippen LogP contribution in [0.15, 0.2) is 0 Å². The molecule has 0 bridgehead atoms. The van der Waals surface area contributed by atoms with Crippen LogP contribution in [0.3, 0.4) is 0 Å². The lowest BCUT2D eigenvalue weighted by Gasteiger charge is -2.47. The molecule has 3 heterocycles. The number of hydrogen-bond donors (Lipinski definition) is 10. The average molecular weight is 488 g/mol. The molecule has 194 valence electrons. The summed E-state index contributed by atoms with van der Waals surface area (Å²) in [6, 6.07) is 0. The summed E-state index contributed by atoms with van der Waals surface area (Å²) in [5.74, 6) is 0. The first-order chi connectivity index (χ1) is 15.5. The van der Waals surface area contributed by atoms with Crippen LogP contribution >= 0.6 is 0 Å². The van der Waals surface area contributed by atoms with Crippen LogP contribution in [0.1, 0.15) is 6.92 Å². The fraction of sp³-hybridized carbons (Fsp3) is 1.00. The first-order valence-corrected chi connectivity index (χ1v) is 10.4. The van der Waals surface area contributed by atoms with Crippen molar-refractivity contribution in [3.63, 3.8) is 0 Å². The van der Waals surface area contributed by atoms with Gasteiger partial charge in [0.25, 0.3) is 0 Å². The van der Waals surface area contributed by atoms with Gasteiger partial charge >= 0.3 is 0 Å². The van der Waals surface area contributed by atoms with E-state index in [1.54, 1.807) is 0 Å². The van der Waals surface area contributed by atoms with Gasteiger partial charge < -0.3 is 74.7 Å². The van der Waals surface area contributed by atoms with Gasteiger partial charge in [-0.3, -0.25) is 0 Å². The van der Waals surface area contributed by atoms with Gasteiger partial charge in [-0.1, -0.05) is 0 Å². The van der Waals surface area contributed by atoms with Crippen LogP contribution in [0.5, 0.6) is 0 Å². The highest BCUT2D eigenvalue weighted by molar-refractivity contribution is 4.95. The van der Waals surface area contributed by atoms with Crippen molar-refractivity contribution < 1.29 is 74.7 Å². The number of aliphatic hydroxyl groups is 10. The molecule has 0 unspecified atom stereocenters. The molecule has 3 saturated heterocycles. The van der Waals surface area contributed by atoms with Crippen molar-refractivity contribution in [1.82, 2.24) is 0 Å². The fourth-order valence-electron chi connectivity index (χ4n) is 4.00. The normalized spacial score (nSPS) is 53.7. The van der Waals surface area contributed by atoms with Gasteiger partial charge in [-0.2, -0.15) is 0 Å². The lowest BCUT2D eigenvalue weighted by molar-refractivity contribution is -0.376. The maximum Gasteiger partial charge on any atom is 0.187 e. The van der Waals surface area contributed by atoms with Gasteiger partial charge in [-0.25, -0.2) is 0 Å². The highest BCUT2D eigenvalue weighted by Crippen LogP contribution is 2.32. The number of ether oxygens (including phenoxy) is 5. The first-order valence-electron chi connectivity index (χ1n) is 10.4. The second-order valence-electron chi connectivity index (χ2n) is 8.32. The van der Waals surface area contributed by atoms with E-state index in [0.717, 1.165) is 0 Å². The van der Waals surface area contributed by atoms with E-state index in [1.807, 2.05) is 0 Å². The van der Waals surface area contributed by atoms with Crippen molar-refractivity contribution in [2.24, 2.45) is 0 Å². The third kappa shape index (κ3) is 5.32. The molecule has 0 aromatic rings. The predicted molar refractivity (Wildman–Crippen MR) is 99.8 cm³/mol. The molecule has 0 aromatic carbocycles. The molecule has 15 heteroatoms. The Morgan fingerprint density at radius 1 is 0.545 bits per heavy atom. The van der Waals surface area contributed by atoms with E-state index in [1.165, 1.54) is 6.92 Å². The summed E-state index contributed by atoms with van der Waals surface area (Å²) in [5, 5.41) is 99.7. The molecule has 0 aromatic heterocycles. The molecule has 15 nitrogen and oxygen atoms in total. The summed E-state index contributed by atoms with van der Waals surface area (Å²) in [7, 11) is 0. The monoisotopic (exact) mass is 488 g/mol. The Labute approximate surface area is 187 Å². The molecule has 0 aliphatic carbocycles. The number of hydrogen-bond acceptors (Lipinski definition) is 15. The SMILES string of the molecule is C[C@H]1O[C@H](O[C@H]2[C@H](O)[C@@H](O)[C@@H](O[C@H]3[C@H](O)[C@@H](O)[C@H](O)O[C@@H]3CO)O[C@@H]2CO)[C@H](O)[C@@H](O)[C@@H]1O. The van der Waals surface area contributed by atoms with Gasteiger partial charge in [0.1, 0.15) is 67.1 Å². The Morgan fingerprint density at radius 3 is 1.55 bits per heavy atom. The highest BCUT2D eigenvalue weighted by Gasteiger charge is 2.52. The summed E-state index contributed by atoms with van der Waals surface area (Å²) < 4.78 is 26.6. The second-order valence-corrected chi connectivity index (χ2v) is 8.32. The van der Waals surface area contributed by atoms with Gasteiger partial charge in [-0.15, -0.1) is 0 Å². The number of rotatable bonds is 6. The minimum absolute atomic E-state index is 0.741. The quantitative estimate of drug-likeness (QED) is 0.167. The van der Waals surface area contributed by atoms with E-state index in [0.29, 0.717) is 0 Å². The summed E-state index contributed by atoms with van der Waals surface area (Å²) in [4.78, 5) is 0. The van der Waals surface area contributed by atoms with Crippen LogP contribution in [0.2, 0.25) is 0 Å². The molecule has 33 heavy (non-hydrogen) atoms. The fourth-order valence-corrected chi connectivity index (χ4v) is 4.00. The molecule has 0 spiro atoms. The van der Waals surface area contributed by atoms with E-state index in [2.05, 4.69) is 0 Å². The first kappa shape index (κ1) is 27.0. The Hall–Kier alpha value is -0.600.